The highest BCUT2D eigenvalue weighted by Gasteiger charge is 2.16. The Hall–Kier alpha value is -1.86. The van der Waals surface area contributed by atoms with Crippen LogP contribution in [0.15, 0.2) is 51.4 Å². The van der Waals surface area contributed by atoms with E-state index >= 15 is 0 Å². The van der Waals surface area contributed by atoms with Gasteiger partial charge < -0.3 is 15.7 Å². The first kappa shape index (κ1) is 15.5. The van der Waals surface area contributed by atoms with E-state index < -0.39 is 12.0 Å². The second-order valence-electron chi connectivity index (χ2n) is 4.06. The first-order valence-corrected chi connectivity index (χ1v) is 7.41. The molecule has 0 aliphatic rings. The smallest absolute Gasteiger partial charge is 0.337 e. The molecular weight excluding hydrogens is 404 g/mol. The van der Waals surface area contributed by atoms with Gasteiger partial charge in [-0.3, -0.25) is 0 Å². The van der Waals surface area contributed by atoms with Crippen molar-refractivity contribution in [1.82, 2.24) is 0 Å². The highest BCUT2D eigenvalue weighted by atomic mass is 79.9. The van der Waals surface area contributed by atoms with E-state index in [-0.39, 0.29) is 11.3 Å². The van der Waals surface area contributed by atoms with Gasteiger partial charge in [-0.25, -0.2) is 9.59 Å². The molecule has 0 unspecified atom stereocenters. The fraction of sp³-hybridized carbons (Fsp3) is 0. The van der Waals surface area contributed by atoms with Crippen LogP contribution in [0.1, 0.15) is 10.4 Å². The van der Waals surface area contributed by atoms with Crippen molar-refractivity contribution < 1.29 is 14.7 Å². The minimum Gasteiger partial charge on any atom is -0.478 e. The zero-order valence-corrected chi connectivity index (χ0v) is 13.7. The number of amides is 2. The molecule has 0 atom stereocenters. The highest BCUT2D eigenvalue weighted by molar-refractivity contribution is 9.11. The third-order valence-corrected chi connectivity index (χ3v) is 3.64. The molecule has 0 heterocycles. The van der Waals surface area contributed by atoms with E-state index in [0.29, 0.717) is 14.6 Å². The monoisotopic (exact) mass is 412 g/mol. The van der Waals surface area contributed by atoms with Crippen LogP contribution in [0.2, 0.25) is 0 Å². The Kier molecular flexibility index (Phi) is 4.98. The molecule has 3 N–H and O–H groups in total. The number of benzene rings is 2. The fourth-order valence-corrected chi connectivity index (χ4v) is 2.99. The minimum absolute atomic E-state index is 0.0144. The van der Waals surface area contributed by atoms with Crippen LogP contribution < -0.4 is 10.6 Å². The zero-order valence-electron chi connectivity index (χ0n) is 10.6. The maximum absolute atomic E-state index is 11.9. The number of carbonyl (C=O) groups is 2. The van der Waals surface area contributed by atoms with Crippen molar-refractivity contribution in [2.75, 3.05) is 10.6 Å². The zero-order chi connectivity index (χ0) is 15.4. The molecule has 5 nitrogen and oxygen atoms in total. The van der Waals surface area contributed by atoms with E-state index in [0.717, 1.165) is 0 Å². The quantitative estimate of drug-likeness (QED) is 0.690. The summed E-state index contributed by atoms with van der Waals surface area (Å²) in [6.45, 7) is 0. The summed E-state index contributed by atoms with van der Waals surface area (Å²) in [5.41, 5.74) is 0.790. The van der Waals surface area contributed by atoms with Gasteiger partial charge in [0.15, 0.2) is 0 Å². The molecule has 0 saturated carbocycles. The van der Waals surface area contributed by atoms with Crippen LogP contribution in [0.4, 0.5) is 16.2 Å². The lowest BCUT2D eigenvalue weighted by molar-refractivity contribution is 0.0698. The van der Waals surface area contributed by atoms with Gasteiger partial charge in [-0.15, -0.1) is 0 Å². The summed E-state index contributed by atoms with van der Waals surface area (Å²) in [6, 6.07) is 11.4. The Morgan fingerprint density at radius 2 is 1.67 bits per heavy atom. The summed E-state index contributed by atoms with van der Waals surface area (Å²) in [6.07, 6.45) is 0. The second-order valence-corrected chi connectivity index (χ2v) is 5.83. The third kappa shape index (κ3) is 4.05. The summed E-state index contributed by atoms with van der Waals surface area (Å²) >= 11 is 6.46. The molecule has 21 heavy (non-hydrogen) atoms. The summed E-state index contributed by atoms with van der Waals surface area (Å²) in [5, 5.41) is 14.4. The minimum atomic E-state index is -1.13. The molecule has 0 aromatic heterocycles. The van der Waals surface area contributed by atoms with Crippen molar-refractivity contribution in [3.63, 3.8) is 0 Å². The summed E-state index contributed by atoms with van der Waals surface area (Å²) in [4.78, 5) is 23.2. The number of anilines is 2. The largest absolute Gasteiger partial charge is 0.478 e. The van der Waals surface area contributed by atoms with E-state index in [2.05, 4.69) is 42.5 Å². The maximum atomic E-state index is 11.9. The molecule has 108 valence electrons. The second kappa shape index (κ2) is 6.73. The predicted octanol–water partition coefficient (Wildman–Crippen LogP) is 4.55. The van der Waals surface area contributed by atoms with Crippen molar-refractivity contribution >= 4 is 55.2 Å². The van der Waals surface area contributed by atoms with Crippen LogP contribution in [-0.2, 0) is 0 Å². The van der Waals surface area contributed by atoms with Crippen LogP contribution in [0.25, 0.3) is 0 Å². The van der Waals surface area contributed by atoms with Gasteiger partial charge in [0.25, 0.3) is 0 Å². The number of carboxylic acids is 1. The lowest BCUT2D eigenvalue weighted by Gasteiger charge is -2.12. The standard InChI is InChI=1S/C14H10Br2N2O3/c15-8-6-10(13(19)20)12(11(16)7-8)18-14(21)17-9-4-2-1-3-5-9/h1-7H,(H,19,20)(H2,17,18,21). The van der Waals surface area contributed by atoms with Gasteiger partial charge in [-0.05, 0) is 40.2 Å². The number of urea groups is 1. The molecule has 0 radical (unpaired) electrons. The SMILES string of the molecule is O=C(Nc1ccccc1)Nc1c(Br)cc(Br)cc1C(=O)O. The molecule has 0 aliphatic carbocycles. The first-order valence-electron chi connectivity index (χ1n) is 5.83. The number of rotatable bonds is 3. The number of hydrogen-bond donors (Lipinski definition) is 3. The lowest BCUT2D eigenvalue weighted by Crippen LogP contribution is -2.21. The fourth-order valence-electron chi connectivity index (χ4n) is 1.67. The van der Waals surface area contributed by atoms with Gasteiger partial charge in [0.05, 0.1) is 11.3 Å². The summed E-state index contributed by atoms with van der Waals surface area (Å²) in [5.74, 6) is -1.13. The van der Waals surface area contributed by atoms with Crippen molar-refractivity contribution in [2.24, 2.45) is 0 Å². The number of carbonyl (C=O) groups excluding carboxylic acids is 1. The number of halogens is 2. The van der Waals surface area contributed by atoms with Crippen LogP contribution >= 0.6 is 31.9 Å². The van der Waals surface area contributed by atoms with Crippen LogP contribution in [-0.4, -0.2) is 17.1 Å². The van der Waals surface area contributed by atoms with Crippen LogP contribution in [0, 0.1) is 0 Å². The van der Waals surface area contributed by atoms with E-state index in [9.17, 15) is 14.7 Å². The summed E-state index contributed by atoms with van der Waals surface area (Å²) in [7, 11) is 0. The number of nitrogens with one attached hydrogen (secondary N) is 2. The normalized spacial score (nSPS) is 10.0. The average molecular weight is 414 g/mol. The lowest BCUT2D eigenvalue weighted by atomic mass is 10.2. The molecular formula is C14H10Br2N2O3. The topological polar surface area (TPSA) is 78.4 Å². The van der Waals surface area contributed by atoms with Crippen molar-refractivity contribution in [1.29, 1.82) is 0 Å². The number of aromatic carboxylic acids is 1. The molecule has 0 aliphatic heterocycles. The van der Waals surface area contributed by atoms with Gasteiger partial charge in [0.1, 0.15) is 0 Å². The first-order chi connectivity index (χ1) is 9.97. The number of para-hydroxylation sites is 1. The van der Waals surface area contributed by atoms with E-state index in [1.807, 2.05) is 6.07 Å². The van der Waals surface area contributed by atoms with Crippen molar-refractivity contribution in [3.8, 4) is 0 Å². The van der Waals surface area contributed by atoms with E-state index in [1.165, 1.54) is 6.07 Å². The van der Waals surface area contributed by atoms with Gasteiger partial charge in [-0.1, -0.05) is 34.1 Å². The molecule has 2 aromatic rings. The Bertz CT molecular complexity index is 690. The van der Waals surface area contributed by atoms with E-state index in [1.54, 1.807) is 30.3 Å². The molecule has 0 fully saturated rings. The molecule has 0 saturated heterocycles. The highest BCUT2D eigenvalue weighted by Crippen LogP contribution is 2.31. The van der Waals surface area contributed by atoms with Crippen LogP contribution in [0.5, 0.6) is 0 Å². The molecule has 2 amide bonds. The van der Waals surface area contributed by atoms with Gasteiger partial charge in [0.2, 0.25) is 0 Å². The molecule has 0 bridgehead atoms. The molecule has 0 spiro atoms. The predicted molar refractivity (Wildman–Crippen MR) is 87.9 cm³/mol. The molecule has 2 aromatic carbocycles. The Morgan fingerprint density at radius 3 is 2.29 bits per heavy atom. The van der Waals surface area contributed by atoms with Crippen molar-refractivity contribution in [2.45, 2.75) is 0 Å². The molecule has 2 rings (SSSR count). The van der Waals surface area contributed by atoms with Gasteiger partial charge >= 0.3 is 12.0 Å². The maximum Gasteiger partial charge on any atom is 0.337 e. The Labute approximate surface area is 137 Å². The van der Waals surface area contributed by atoms with Gasteiger partial charge in [0, 0.05) is 14.6 Å². The number of carboxylic acid groups (broad SMARTS) is 1. The van der Waals surface area contributed by atoms with Gasteiger partial charge in [-0.2, -0.15) is 0 Å². The van der Waals surface area contributed by atoms with Crippen molar-refractivity contribution in [3.05, 3.63) is 57.0 Å². The average Bonchev–Trinajstić information content (AvgIpc) is 2.42. The van der Waals surface area contributed by atoms with E-state index in [4.69, 9.17) is 0 Å². The Morgan fingerprint density at radius 1 is 1.00 bits per heavy atom. The summed E-state index contributed by atoms with van der Waals surface area (Å²) < 4.78 is 1.07. The number of hydrogen-bond acceptors (Lipinski definition) is 2. The third-order valence-electron chi connectivity index (χ3n) is 2.56. The van der Waals surface area contributed by atoms with Crippen LogP contribution in [0.3, 0.4) is 0 Å². The molecule has 7 heteroatoms. The Balaban J connectivity index is 2.23.